The number of nitrogens with two attached hydrogens (primary N) is 1. The molecule has 0 aromatic carbocycles. The van der Waals surface area contributed by atoms with Gasteiger partial charge in [0.1, 0.15) is 17.1 Å². The average Bonchev–Trinajstić information content (AvgIpc) is 2.84. The van der Waals surface area contributed by atoms with Gasteiger partial charge in [-0.3, -0.25) is 0 Å². The molecule has 6 nitrogen and oxygen atoms in total. The quantitative estimate of drug-likeness (QED) is 0.780. The smallest absolute Gasteiger partial charge is 0.152 e. The topological polar surface area (TPSA) is 81.7 Å². The van der Waals surface area contributed by atoms with Crippen LogP contribution in [0.4, 0.5) is 5.82 Å². The van der Waals surface area contributed by atoms with Crippen molar-refractivity contribution >= 4 is 23.0 Å². The lowest BCUT2D eigenvalue weighted by molar-refractivity contribution is 0.707. The third-order valence-electron chi connectivity index (χ3n) is 2.51. The summed E-state index contributed by atoms with van der Waals surface area (Å²) in [5.74, 6) is 1.57. The summed E-state index contributed by atoms with van der Waals surface area (Å²) in [6.45, 7) is 3.44. The maximum atomic E-state index is 5.57. The average molecular weight is 262 g/mol. The fourth-order valence-corrected chi connectivity index (χ4v) is 1.66. The highest BCUT2D eigenvalue weighted by Gasteiger charge is 2.04. The van der Waals surface area contributed by atoms with Crippen LogP contribution in [0, 0.1) is 0 Å². The van der Waals surface area contributed by atoms with Crippen LogP contribution in [-0.2, 0) is 13.1 Å². The van der Waals surface area contributed by atoms with Crippen LogP contribution in [0.2, 0.25) is 0 Å². The number of nitrogens with zero attached hydrogens (tertiary/aromatic N) is 4. The second-order valence-corrected chi connectivity index (χ2v) is 4.12. The molecule has 2 rings (SSSR count). The van der Waals surface area contributed by atoms with E-state index in [0.717, 1.165) is 17.9 Å². The van der Waals surface area contributed by atoms with Gasteiger partial charge in [-0.15, -0.1) is 10.2 Å². The van der Waals surface area contributed by atoms with E-state index in [4.69, 9.17) is 18.0 Å². The third kappa shape index (κ3) is 2.80. The van der Waals surface area contributed by atoms with E-state index >= 15 is 0 Å². The van der Waals surface area contributed by atoms with Crippen molar-refractivity contribution in [2.45, 2.75) is 20.0 Å². The number of pyridine rings is 1. The summed E-state index contributed by atoms with van der Waals surface area (Å²) in [6.07, 6.45) is 3.37. The fourth-order valence-electron chi connectivity index (χ4n) is 1.53. The molecule has 0 unspecified atom stereocenters. The van der Waals surface area contributed by atoms with Gasteiger partial charge in [-0.2, -0.15) is 0 Å². The Bertz CT molecular complexity index is 550. The molecule has 0 saturated carbocycles. The molecular formula is C11H14N6S. The number of nitrogens with one attached hydrogen (secondary N) is 1. The Labute approximate surface area is 110 Å². The summed E-state index contributed by atoms with van der Waals surface area (Å²) >= 11 is 4.92. The summed E-state index contributed by atoms with van der Waals surface area (Å²) in [7, 11) is 0. The minimum atomic E-state index is 0.358. The lowest BCUT2D eigenvalue weighted by Crippen LogP contribution is -2.12. The van der Waals surface area contributed by atoms with Crippen LogP contribution in [-0.4, -0.2) is 24.7 Å². The molecule has 0 radical (unpaired) electrons. The van der Waals surface area contributed by atoms with Crippen molar-refractivity contribution in [2.75, 3.05) is 5.32 Å². The molecule has 2 aromatic rings. The molecular weight excluding hydrogens is 248 g/mol. The van der Waals surface area contributed by atoms with Crippen LogP contribution in [0.5, 0.6) is 0 Å². The molecule has 0 aliphatic heterocycles. The van der Waals surface area contributed by atoms with E-state index in [1.54, 1.807) is 18.6 Å². The van der Waals surface area contributed by atoms with Gasteiger partial charge >= 0.3 is 0 Å². The highest BCUT2D eigenvalue weighted by atomic mass is 32.1. The number of aromatic nitrogens is 4. The number of rotatable bonds is 5. The van der Waals surface area contributed by atoms with Crippen molar-refractivity contribution in [3.63, 3.8) is 0 Å². The SMILES string of the molecule is CCn1cnnc1CNc1cc(C(N)=S)ccn1. The maximum absolute atomic E-state index is 5.57. The first-order chi connectivity index (χ1) is 8.70. The van der Waals surface area contributed by atoms with E-state index in [1.165, 1.54) is 0 Å². The molecule has 94 valence electrons. The van der Waals surface area contributed by atoms with E-state index in [2.05, 4.69) is 20.5 Å². The van der Waals surface area contributed by atoms with Gasteiger partial charge < -0.3 is 15.6 Å². The lowest BCUT2D eigenvalue weighted by Gasteiger charge is -2.07. The molecule has 0 amide bonds. The number of anilines is 1. The number of aryl methyl sites for hydroxylation is 1. The first-order valence-electron chi connectivity index (χ1n) is 5.57. The molecule has 0 atom stereocenters. The van der Waals surface area contributed by atoms with Crippen molar-refractivity contribution in [3.05, 3.63) is 36.0 Å². The predicted molar refractivity (Wildman–Crippen MR) is 73.1 cm³/mol. The molecule has 0 aliphatic carbocycles. The van der Waals surface area contributed by atoms with E-state index in [0.29, 0.717) is 17.4 Å². The lowest BCUT2D eigenvalue weighted by atomic mass is 10.2. The normalized spacial score (nSPS) is 10.3. The zero-order valence-electron chi connectivity index (χ0n) is 10.00. The van der Waals surface area contributed by atoms with Crippen LogP contribution < -0.4 is 11.1 Å². The molecule has 0 fully saturated rings. The van der Waals surface area contributed by atoms with E-state index in [1.807, 2.05) is 17.6 Å². The molecule has 18 heavy (non-hydrogen) atoms. The van der Waals surface area contributed by atoms with Crippen molar-refractivity contribution in [2.24, 2.45) is 5.73 Å². The molecule has 2 aromatic heterocycles. The van der Waals surface area contributed by atoms with Gasteiger partial charge in [0.25, 0.3) is 0 Å². The van der Waals surface area contributed by atoms with Crippen molar-refractivity contribution < 1.29 is 0 Å². The van der Waals surface area contributed by atoms with Crippen LogP contribution in [0.1, 0.15) is 18.3 Å². The zero-order valence-corrected chi connectivity index (χ0v) is 10.8. The Morgan fingerprint density at radius 1 is 1.56 bits per heavy atom. The maximum Gasteiger partial charge on any atom is 0.152 e. The first-order valence-corrected chi connectivity index (χ1v) is 5.98. The number of hydrogen-bond donors (Lipinski definition) is 2. The van der Waals surface area contributed by atoms with Gasteiger partial charge in [-0.25, -0.2) is 4.98 Å². The minimum Gasteiger partial charge on any atom is -0.389 e. The van der Waals surface area contributed by atoms with Crippen LogP contribution >= 0.6 is 12.2 Å². The van der Waals surface area contributed by atoms with Gasteiger partial charge in [0, 0.05) is 18.3 Å². The molecule has 2 heterocycles. The first kappa shape index (κ1) is 12.4. The molecule has 0 saturated heterocycles. The van der Waals surface area contributed by atoms with Gasteiger partial charge in [0.05, 0.1) is 6.54 Å². The number of hydrogen-bond acceptors (Lipinski definition) is 5. The summed E-state index contributed by atoms with van der Waals surface area (Å²) in [6, 6.07) is 3.59. The van der Waals surface area contributed by atoms with Gasteiger partial charge in [0.2, 0.25) is 0 Å². The Morgan fingerprint density at radius 2 is 2.39 bits per heavy atom. The van der Waals surface area contributed by atoms with Crippen LogP contribution in [0.25, 0.3) is 0 Å². The summed E-state index contributed by atoms with van der Waals surface area (Å²) < 4.78 is 1.96. The van der Waals surface area contributed by atoms with Gasteiger partial charge in [-0.05, 0) is 19.1 Å². The highest BCUT2D eigenvalue weighted by Crippen LogP contribution is 2.08. The summed E-state index contributed by atoms with van der Waals surface area (Å²) in [4.78, 5) is 4.55. The molecule has 3 N–H and O–H groups in total. The molecule has 0 aliphatic rings. The van der Waals surface area contributed by atoms with E-state index in [9.17, 15) is 0 Å². The Kier molecular flexibility index (Phi) is 3.83. The van der Waals surface area contributed by atoms with Crippen molar-refractivity contribution in [3.8, 4) is 0 Å². The van der Waals surface area contributed by atoms with Gasteiger partial charge in [0.15, 0.2) is 5.82 Å². The summed E-state index contributed by atoms with van der Waals surface area (Å²) in [5.41, 5.74) is 6.36. The molecule has 0 spiro atoms. The standard InChI is InChI=1S/C11H14N6S/c1-2-17-7-15-16-10(17)6-14-9-5-8(11(12)18)3-4-13-9/h3-5,7H,2,6H2,1H3,(H2,12,18)(H,13,14). The largest absolute Gasteiger partial charge is 0.389 e. The van der Waals surface area contributed by atoms with Crippen LogP contribution in [0.3, 0.4) is 0 Å². The predicted octanol–water partition coefficient (Wildman–Crippen LogP) is 0.939. The second-order valence-electron chi connectivity index (χ2n) is 3.68. The monoisotopic (exact) mass is 262 g/mol. The summed E-state index contributed by atoms with van der Waals surface area (Å²) in [5, 5.41) is 11.1. The van der Waals surface area contributed by atoms with E-state index in [-0.39, 0.29) is 0 Å². The third-order valence-corrected chi connectivity index (χ3v) is 2.74. The van der Waals surface area contributed by atoms with Crippen molar-refractivity contribution in [1.29, 1.82) is 0 Å². The fraction of sp³-hybridized carbons (Fsp3) is 0.273. The molecule has 7 heteroatoms. The highest BCUT2D eigenvalue weighted by molar-refractivity contribution is 7.80. The second kappa shape index (κ2) is 5.54. The van der Waals surface area contributed by atoms with E-state index < -0.39 is 0 Å². The van der Waals surface area contributed by atoms with Gasteiger partial charge in [-0.1, -0.05) is 12.2 Å². The molecule has 0 bridgehead atoms. The van der Waals surface area contributed by atoms with Crippen molar-refractivity contribution in [1.82, 2.24) is 19.7 Å². The Hall–Kier alpha value is -2.02. The van der Waals surface area contributed by atoms with Crippen LogP contribution in [0.15, 0.2) is 24.7 Å². The zero-order chi connectivity index (χ0) is 13.0. The number of thiocarbonyl (C=S) groups is 1. The Morgan fingerprint density at radius 3 is 3.11 bits per heavy atom. The minimum absolute atomic E-state index is 0.358. The Balaban J connectivity index is 2.06.